The van der Waals surface area contributed by atoms with Crippen molar-refractivity contribution in [2.24, 2.45) is 11.7 Å². The van der Waals surface area contributed by atoms with E-state index in [1.54, 1.807) is 0 Å². The topological polar surface area (TPSA) is 46.3 Å². The molecule has 1 aromatic rings. The van der Waals surface area contributed by atoms with Gasteiger partial charge >= 0.3 is 0 Å². The van der Waals surface area contributed by atoms with E-state index in [0.717, 1.165) is 31.5 Å². The first-order valence-electron chi connectivity index (χ1n) is 5.85. The molecular formula is C13H18N2O. The zero-order chi connectivity index (χ0) is 11.4. The fourth-order valence-corrected chi connectivity index (χ4v) is 2.21. The predicted octanol–water partition coefficient (Wildman–Crippen LogP) is 1.50. The largest absolute Gasteiger partial charge is 0.338 e. The van der Waals surface area contributed by atoms with Gasteiger partial charge in [-0.05, 0) is 37.4 Å². The van der Waals surface area contributed by atoms with Crippen LogP contribution < -0.4 is 5.73 Å². The maximum atomic E-state index is 12.1. The van der Waals surface area contributed by atoms with Crippen LogP contribution in [0.5, 0.6) is 0 Å². The summed E-state index contributed by atoms with van der Waals surface area (Å²) in [6, 6.07) is 9.47. The van der Waals surface area contributed by atoms with E-state index in [4.69, 9.17) is 5.73 Å². The number of benzene rings is 1. The van der Waals surface area contributed by atoms with E-state index in [-0.39, 0.29) is 5.91 Å². The van der Waals surface area contributed by atoms with Gasteiger partial charge < -0.3 is 10.6 Å². The van der Waals surface area contributed by atoms with Gasteiger partial charge in [0, 0.05) is 18.7 Å². The summed E-state index contributed by atoms with van der Waals surface area (Å²) in [5, 5.41) is 0. The molecule has 1 amide bonds. The van der Waals surface area contributed by atoms with Crippen LogP contribution >= 0.6 is 0 Å². The molecule has 1 aromatic carbocycles. The van der Waals surface area contributed by atoms with Crippen LogP contribution in [0.1, 0.15) is 23.2 Å². The van der Waals surface area contributed by atoms with Gasteiger partial charge in [-0.25, -0.2) is 0 Å². The predicted molar refractivity (Wildman–Crippen MR) is 64.1 cm³/mol. The van der Waals surface area contributed by atoms with Crippen LogP contribution in [0, 0.1) is 5.92 Å². The Morgan fingerprint density at radius 3 is 2.81 bits per heavy atom. The average Bonchev–Trinajstić information content (AvgIpc) is 2.39. The van der Waals surface area contributed by atoms with Gasteiger partial charge in [-0.1, -0.05) is 18.2 Å². The van der Waals surface area contributed by atoms with Crippen LogP contribution in [0.25, 0.3) is 0 Å². The minimum atomic E-state index is 0.138. The van der Waals surface area contributed by atoms with E-state index in [0.29, 0.717) is 12.5 Å². The third-order valence-corrected chi connectivity index (χ3v) is 3.16. The van der Waals surface area contributed by atoms with Crippen LogP contribution in [-0.4, -0.2) is 30.4 Å². The molecule has 0 spiro atoms. The highest BCUT2D eigenvalue weighted by Crippen LogP contribution is 2.17. The molecule has 3 nitrogen and oxygen atoms in total. The zero-order valence-electron chi connectivity index (χ0n) is 9.43. The Bertz CT molecular complexity index is 350. The molecule has 1 aliphatic heterocycles. The molecule has 16 heavy (non-hydrogen) atoms. The lowest BCUT2D eigenvalue weighted by Gasteiger charge is -2.32. The summed E-state index contributed by atoms with van der Waals surface area (Å²) in [6.07, 6.45) is 2.22. The minimum absolute atomic E-state index is 0.138. The molecular weight excluding hydrogens is 200 g/mol. The molecule has 0 unspecified atom stereocenters. The number of nitrogens with two attached hydrogens (primary N) is 1. The van der Waals surface area contributed by atoms with E-state index in [1.807, 2.05) is 35.2 Å². The first kappa shape index (κ1) is 11.1. The van der Waals surface area contributed by atoms with Crippen LogP contribution in [0.4, 0.5) is 0 Å². The highest BCUT2D eigenvalue weighted by atomic mass is 16.2. The summed E-state index contributed by atoms with van der Waals surface area (Å²) >= 11 is 0. The lowest BCUT2D eigenvalue weighted by molar-refractivity contribution is 0.0678. The molecule has 1 atom stereocenters. The molecule has 2 rings (SSSR count). The standard InChI is InChI=1S/C13H18N2O/c14-9-11-5-4-8-15(10-11)13(16)12-6-2-1-3-7-12/h1-3,6-7,11H,4-5,8-10,14H2/t11-/m1/s1. The molecule has 1 saturated heterocycles. The third-order valence-electron chi connectivity index (χ3n) is 3.16. The van der Waals surface area contributed by atoms with E-state index in [9.17, 15) is 4.79 Å². The van der Waals surface area contributed by atoms with Gasteiger partial charge in [0.05, 0.1) is 0 Å². The Labute approximate surface area is 96.2 Å². The lowest BCUT2D eigenvalue weighted by Crippen LogP contribution is -2.42. The average molecular weight is 218 g/mol. The summed E-state index contributed by atoms with van der Waals surface area (Å²) in [5.74, 6) is 0.611. The summed E-state index contributed by atoms with van der Waals surface area (Å²) in [7, 11) is 0. The Morgan fingerprint density at radius 1 is 1.38 bits per heavy atom. The summed E-state index contributed by atoms with van der Waals surface area (Å²) in [6.45, 7) is 2.35. The highest BCUT2D eigenvalue weighted by Gasteiger charge is 2.23. The molecule has 86 valence electrons. The number of likely N-dealkylation sites (tertiary alicyclic amines) is 1. The Hall–Kier alpha value is -1.35. The number of hydrogen-bond acceptors (Lipinski definition) is 2. The summed E-state index contributed by atoms with van der Waals surface area (Å²) in [4.78, 5) is 14.1. The van der Waals surface area contributed by atoms with Crippen molar-refractivity contribution in [1.82, 2.24) is 4.90 Å². The molecule has 0 radical (unpaired) electrons. The Kier molecular flexibility index (Phi) is 3.57. The van der Waals surface area contributed by atoms with Gasteiger partial charge in [0.25, 0.3) is 5.91 Å². The lowest BCUT2D eigenvalue weighted by atomic mass is 9.97. The highest BCUT2D eigenvalue weighted by molar-refractivity contribution is 5.94. The number of amides is 1. The SMILES string of the molecule is NC[C@H]1CCCN(C(=O)c2ccccc2)C1. The van der Waals surface area contributed by atoms with Crippen molar-refractivity contribution in [3.05, 3.63) is 35.9 Å². The van der Waals surface area contributed by atoms with E-state index < -0.39 is 0 Å². The molecule has 3 heteroatoms. The molecule has 0 aliphatic carbocycles. The number of rotatable bonds is 2. The molecule has 0 aromatic heterocycles. The first-order valence-corrected chi connectivity index (χ1v) is 5.85. The molecule has 0 bridgehead atoms. The van der Waals surface area contributed by atoms with Gasteiger partial charge in [0.1, 0.15) is 0 Å². The van der Waals surface area contributed by atoms with Crippen LogP contribution in [0.3, 0.4) is 0 Å². The second-order valence-electron chi connectivity index (χ2n) is 4.36. The van der Waals surface area contributed by atoms with Crippen molar-refractivity contribution in [3.8, 4) is 0 Å². The minimum Gasteiger partial charge on any atom is -0.338 e. The van der Waals surface area contributed by atoms with Crippen LogP contribution in [0.2, 0.25) is 0 Å². The van der Waals surface area contributed by atoms with Crippen molar-refractivity contribution in [2.45, 2.75) is 12.8 Å². The fourth-order valence-electron chi connectivity index (χ4n) is 2.21. The normalized spacial score (nSPS) is 20.8. The fraction of sp³-hybridized carbons (Fsp3) is 0.462. The van der Waals surface area contributed by atoms with Gasteiger partial charge in [0.2, 0.25) is 0 Å². The van der Waals surface area contributed by atoms with E-state index in [1.165, 1.54) is 0 Å². The van der Waals surface area contributed by atoms with Gasteiger partial charge in [-0.15, -0.1) is 0 Å². The van der Waals surface area contributed by atoms with E-state index >= 15 is 0 Å². The number of carbonyl (C=O) groups is 1. The summed E-state index contributed by atoms with van der Waals surface area (Å²) in [5.41, 5.74) is 6.44. The maximum Gasteiger partial charge on any atom is 0.253 e. The van der Waals surface area contributed by atoms with Crippen LogP contribution in [0.15, 0.2) is 30.3 Å². The van der Waals surface area contributed by atoms with Crippen molar-refractivity contribution in [3.63, 3.8) is 0 Å². The van der Waals surface area contributed by atoms with E-state index in [2.05, 4.69) is 0 Å². The quantitative estimate of drug-likeness (QED) is 0.817. The maximum absolute atomic E-state index is 12.1. The van der Waals surface area contributed by atoms with Gasteiger partial charge in [0.15, 0.2) is 0 Å². The van der Waals surface area contributed by atoms with Crippen LogP contribution in [-0.2, 0) is 0 Å². The monoisotopic (exact) mass is 218 g/mol. The Balaban J connectivity index is 2.05. The van der Waals surface area contributed by atoms with Gasteiger partial charge in [-0.3, -0.25) is 4.79 Å². The van der Waals surface area contributed by atoms with Crippen molar-refractivity contribution >= 4 is 5.91 Å². The molecule has 1 aliphatic rings. The van der Waals surface area contributed by atoms with Gasteiger partial charge in [-0.2, -0.15) is 0 Å². The number of carbonyl (C=O) groups excluding carboxylic acids is 1. The Morgan fingerprint density at radius 2 is 2.12 bits per heavy atom. The van der Waals surface area contributed by atoms with Crippen molar-refractivity contribution in [2.75, 3.05) is 19.6 Å². The number of hydrogen-bond donors (Lipinski definition) is 1. The second-order valence-corrected chi connectivity index (χ2v) is 4.36. The number of piperidine rings is 1. The van der Waals surface area contributed by atoms with Crippen molar-refractivity contribution < 1.29 is 4.79 Å². The number of nitrogens with zero attached hydrogens (tertiary/aromatic N) is 1. The molecule has 2 N–H and O–H groups in total. The first-order chi connectivity index (χ1) is 7.81. The zero-order valence-corrected chi connectivity index (χ0v) is 9.43. The second kappa shape index (κ2) is 5.12. The molecule has 1 fully saturated rings. The third kappa shape index (κ3) is 2.42. The van der Waals surface area contributed by atoms with Crippen molar-refractivity contribution in [1.29, 1.82) is 0 Å². The molecule has 0 saturated carbocycles. The summed E-state index contributed by atoms with van der Waals surface area (Å²) < 4.78 is 0. The smallest absolute Gasteiger partial charge is 0.253 e. The molecule has 1 heterocycles.